The molecule has 4 atom stereocenters. The summed E-state index contributed by atoms with van der Waals surface area (Å²) in [6, 6.07) is 0.974. The summed E-state index contributed by atoms with van der Waals surface area (Å²) in [5, 5.41) is 0. The molecule has 4 N–H and O–H groups in total. The molecule has 2 nitrogen and oxygen atoms in total. The fourth-order valence-electron chi connectivity index (χ4n) is 3.56. The number of hydrogen-bond acceptors (Lipinski definition) is 2. The third-order valence-electron chi connectivity index (χ3n) is 4.31. The van der Waals surface area contributed by atoms with Gasteiger partial charge in [0, 0.05) is 12.1 Å². The molecule has 2 saturated carbocycles. The van der Waals surface area contributed by atoms with Gasteiger partial charge in [-0.3, -0.25) is 0 Å². The van der Waals surface area contributed by atoms with Crippen molar-refractivity contribution >= 4 is 0 Å². The van der Waals surface area contributed by atoms with Crippen molar-refractivity contribution < 1.29 is 0 Å². The van der Waals surface area contributed by atoms with Gasteiger partial charge in [-0.1, -0.05) is 25.7 Å². The van der Waals surface area contributed by atoms with Crippen LogP contribution in [-0.2, 0) is 0 Å². The molecular weight excluding hydrogens is 184 g/mol. The van der Waals surface area contributed by atoms with Crippen molar-refractivity contribution in [3.05, 3.63) is 0 Å². The minimum absolute atomic E-state index is 0.487. The Balaban J connectivity index is 1.75. The molecule has 0 aromatic carbocycles. The summed E-state index contributed by atoms with van der Waals surface area (Å²) in [5.74, 6) is 1.81. The van der Waals surface area contributed by atoms with Gasteiger partial charge in [0.2, 0.25) is 0 Å². The van der Waals surface area contributed by atoms with Gasteiger partial charge in [-0.25, -0.2) is 0 Å². The Morgan fingerprint density at radius 3 is 1.60 bits per heavy atom. The van der Waals surface area contributed by atoms with E-state index in [1.165, 1.54) is 57.8 Å². The quantitative estimate of drug-likeness (QED) is 0.735. The van der Waals surface area contributed by atoms with E-state index in [1.54, 1.807) is 0 Å². The highest BCUT2D eigenvalue weighted by Crippen LogP contribution is 2.34. The minimum Gasteiger partial charge on any atom is -0.328 e. The standard InChI is InChI=1S/C13H26N2/c14-12-5-1-3-10(8-12)7-11-4-2-6-13(15)9-11/h10-13H,1-9,14-15H2. The molecule has 2 aliphatic carbocycles. The molecule has 2 fully saturated rings. The Bertz CT molecular complexity index is 173. The fourth-order valence-corrected chi connectivity index (χ4v) is 3.56. The average molecular weight is 210 g/mol. The first-order chi connectivity index (χ1) is 7.24. The maximum Gasteiger partial charge on any atom is 0.00414 e. The second-order valence-corrected chi connectivity index (χ2v) is 5.82. The van der Waals surface area contributed by atoms with E-state index >= 15 is 0 Å². The molecular formula is C13H26N2. The Morgan fingerprint density at radius 2 is 1.20 bits per heavy atom. The van der Waals surface area contributed by atoms with Crippen LogP contribution in [-0.4, -0.2) is 12.1 Å². The van der Waals surface area contributed by atoms with Gasteiger partial charge in [0.05, 0.1) is 0 Å². The van der Waals surface area contributed by atoms with Crippen LogP contribution in [0.15, 0.2) is 0 Å². The van der Waals surface area contributed by atoms with Crippen molar-refractivity contribution in [3.8, 4) is 0 Å². The van der Waals surface area contributed by atoms with Gasteiger partial charge in [-0.2, -0.15) is 0 Å². The van der Waals surface area contributed by atoms with E-state index in [9.17, 15) is 0 Å². The van der Waals surface area contributed by atoms with Crippen molar-refractivity contribution in [1.82, 2.24) is 0 Å². The molecule has 2 rings (SSSR count). The molecule has 0 aliphatic heterocycles. The van der Waals surface area contributed by atoms with Gasteiger partial charge in [0.15, 0.2) is 0 Å². The van der Waals surface area contributed by atoms with E-state index in [1.807, 2.05) is 0 Å². The zero-order chi connectivity index (χ0) is 10.7. The molecule has 0 heterocycles. The topological polar surface area (TPSA) is 52.0 Å². The Labute approximate surface area is 93.8 Å². The van der Waals surface area contributed by atoms with Crippen LogP contribution in [0.3, 0.4) is 0 Å². The molecule has 88 valence electrons. The molecule has 2 aliphatic rings. The lowest BCUT2D eigenvalue weighted by molar-refractivity contribution is 0.221. The second-order valence-electron chi connectivity index (χ2n) is 5.82. The van der Waals surface area contributed by atoms with Crippen LogP contribution in [0.5, 0.6) is 0 Å². The van der Waals surface area contributed by atoms with Crippen molar-refractivity contribution in [3.63, 3.8) is 0 Å². The van der Waals surface area contributed by atoms with E-state index < -0.39 is 0 Å². The van der Waals surface area contributed by atoms with E-state index in [4.69, 9.17) is 11.5 Å². The predicted octanol–water partition coefficient (Wildman–Crippen LogP) is 2.41. The summed E-state index contributed by atoms with van der Waals surface area (Å²) in [5.41, 5.74) is 12.1. The van der Waals surface area contributed by atoms with E-state index in [0.717, 1.165) is 11.8 Å². The molecule has 0 saturated heterocycles. The Kier molecular flexibility index (Phi) is 4.04. The fraction of sp³-hybridized carbons (Fsp3) is 1.00. The van der Waals surface area contributed by atoms with Crippen LogP contribution in [0.4, 0.5) is 0 Å². The van der Waals surface area contributed by atoms with Crippen LogP contribution in [0.25, 0.3) is 0 Å². The minimum atomic E-state index is 0.487. The Hall–Kier alpha value is -0.0800. The van der Waals surface area contributed by atoms with Gasteiger partial charge < -0.3 is 11.5 Å². The highest BCUT2D eigenvalue weighted by Gasteiger charge is 2.25. The molecule has 0 aromatic heterocycles. The van der Waals surface area contributed by atoms with Gasteiger partial charge in [-0.15, -0.1) is 0 Å². The van der Waals surface area contributed by atoms with Crippen molar-refractivity contribution in [2.24, 2.45) is 23.3 Å². The van der Waals surface area contributed by atoms with E-state index in [2.05, 4.69) is 0 Å². The largest absolute Gasteiger partial charge is 0.328 e. The summed E-state index contributed by atoms with van der Waals surface area (Å²) in [6.45, 7) is 0. The Morgan fingerprint density at radius 1 is 0.733 bits per heavy atom. The average Bonchev–Trinajstić information content (AvgIpc) is 2.17. The van der Waals surface area contributed by atoms with Crippen LogP contribution in [0, 0.1) is 11.8 Å². The molecule has 2 heteroatoms. The first kappa shape index (κ1) is 11.4. The van der Waals surface area contributed by atoms with Crippen LogP contribution in [0.2, 0.25) is 0 Å². The number of nitrogens with two attached hydrogens (primary N) is 2. The summed E-state index contributed by atoms with van der Waals surface area (Å²) in [6.07, 6.45) is 12.0. The third kappa shape index (κ3) is 3.46. The molecule has 0 amide bonds. The molecule has 0 radical (unpaired) electrons. The van der Waals surface area contributed by atoms with E-state index in [0.29, 0.717) is 12.1 Å². The highest BCUT2D eigenvalue weighted by molar-refractivity contribution is 4.81. The highest BCUT2D eigenvalue weighted by atomic mass is 14.6. The van der Waals surface area contributed by atoms with Crippen LogP contribution in [0.1, 0.15) is 57.8 Å². The smallest absolute Gasteiger partial charge is 0.00414 e. The molecule has 15 heavy (non-hydrogen) atoms. The monoisotopic (exact) mass is 210 g/mol. The van der Waals surface area contributed by atoms with Crippen LogP contribution >= 0.6 is 0 Å². The summed E-state index contributed by atoms with van der Waals surface area (Å²) in [4.78, 5) is 0. The maximum atomic E-state index is 6.03. The van der Waals surface area contributed by atoms with E-state index in [-0.39, 0.29) is 0 Å². The zero-order valence-electron chi connectivity index (χ0n) is 9.83. The molecule has 4 unspecified atom stereocenters. The van der Waals surface area contributed by atoms with Crippen LogP contribution < -0.4 is 11.5 Å². The lowest BCUT2D eigenvalue weighted by atomic mass is 9.75. The second kappa shape index (κ2) is 5.31. The van der Waals surface area contributed by atoms with Gasteiger partial charge in [-0.05, 0) is 43.9 Å². The summed E-state index contributed by atoms with van der Waals surface area (Å²) in [7, 11) is 0. The predicted molar refractivity (Wildman–Crippen MR) is 64.5 cm³/mol. The van der Waals surface area contributed by atoms with Crippen molar-refractivity contribution in [2.75, 3.05) is 0 Å². The lowest BCUT2D eigenvalue weighted by Gasteiger charge is -2.33. The molecule has 0 bridgehead atoms. The first-order valence-electron chi connectivity index (χ1n) is 6.75. The van der Waals surface area contributed by atoms with Gasteiger partial charge in [0.25, 0.3) is 0 Å². The lowest BCUT2D eigenvalue weighted by Crippen LogP contribution is -2.32. The zero-order valence-corrected chi connectivity index (χ0v) is 9.83. The van der Waals surface area contributed by atoms with Crippen molar-refractivity contribution in [2.45, 2.75) is 69.9 Å². The first-order valence-corrected chi connectivity index (χ1v) is 6.75. The normalized spacial score (nSPS) is 42.8. The molecule has 0 aromatic rings. The summed E-state index contributed by atoms with van der Waals surface area (Å²) >= 11 is 0. The van der Waals surface area contributed by atoms with Gasteiger partial charge in [0.1, 0.15) is 0 Å². The molecule has 0 spiro atoms. The summed E-state index contributed by atoms with van der Waals surface area (Å²) < 4.78 is 0. The number of rotatable bonds is 2. The number of hydrogen-bond donors (Lipinski definition) is 2. The van der Waals surface area contributed by atoms with Gasteiger partial charge >= 0.3 is 0 Å². The SMILES string of the molecule is NC1CCCC(CC2CCCC(N)C2)C1. The van der Waals surface area contributed by atoms with Crippen molar-refractivity contribution in [1.29, 1.82) is 0 Å². The maximum absolute atomic E-state index is 6.03. The third-order valence-corrected chi connectivity index (χ3v) is 4.31.